The standard InChI is InChI=1S/C18H15N5O2S/c1-3-16-15-9-17(13-10-21-22(2)11-13)23(18(15)20-12-19-16)26(24,25)14-7-5-4-6-8-14/h3-12H,1H2,2H3. The third kappa shape index (κ3) is 2.42. The minimum absolute atomic E-state index is 0.182. The zero-order chi connectivity index (χ0) is 18.3. The van der Waals surface area contributed by atoms with Crippen molar-refractivity contribution >= 4 is 27.1 Å². The van der Waals surface area contributed by atoms with Crippen molar-refractivity contribution in [3.63, 3.8) is 0 Å². The van der Waals surface area contributed by atoms with Gasteiger partial charge < -0.3 is 0 Å². The van der Waals surface area contributed by atoms with Crippen molar-refractivity contribution in [1.29, 1.82) is 0 Å². The highest BCUT2D eigenvalue weighted by atomic mass is 32.2. The molecule has 0 saturated heterocycles. The maximum atomic E-state index is 13.4. The molecular formula is C18H15N5O2S. The van der Waals surface area contributed by atoms with Crippen LogP contribution >= 0.6 is 0 Å². The summed E-state index contributed by atoms with van der Waals surface area (Å²) >= 11 is 0. The van der Waals surface area contributed by atoms with Crippen molar-refractivity contribution in [1.82, 2.24) is 23.7 Å². The summed E-state index contributed by atoms with van der Waals surface area (Å²) in [6.45, 7) is 3.75. The number of hydrogen-bond donors (Lipinski definition) is 0. The predicted molar refractivity (Wildman–Crippen MR) is 98.8 cm³/mol. The fourth-order valence-electron chi connectivity index (χ4n) is 2.87. The van der Waals surface area contributed by atoms with Crippen molar-refractivity contribution in [2.45, 2.75) is 4.90 Å². The van der Waals surface area contributed by atoms with E-state index in [4.69, 9.17) is 0 Å². The second-order valence-corrected chi connectivity index (χ2v) is 7.50. The van der Waals surface area contributed by atoms with Crippen LogP contribution in [0.2, 0.25) is 0 Å². The maximum absolute atomic E-state index is 13.4. The first kappa shape index (κ1) is 16.2. The quantitative estimate of drug-likeness (QED) is 0.555. The van der Waals surface area contributed by atoms with E-state index in [0.29, 0.717) is 28.0 Å². The van der Waals surface area contributed by atoms with Gasteiger partial charge >= 0.3 is 0 Å². The van der Waals surface area contributed by atoms with E-state index in [2.05, 4.69) is 21.6 Å². The highest BCUT2D eigenvalue weighted by Crippen LogP contribution is 2.32. The summed E-state index contributed by atoms with van der Waals surface area (Å²) in [6.07, 6.45) is 6.29. The van der Waals surface area contributed by atoms with Gasteiger partial charge in [0.05, 0.1) is 22.5 Å². The molecule has 0 amide bonds. The number of hydrogen-bond acceptors (Lipinski definition) is 5. The first-order valence-corrected chi connectivity index (χ1v) is 9.25. The van der Waals surface area contributed by atoms with Gasteiger partial charge in [-0.2, -0.15) is 5.10 Å². The van der Waals surface area contributed by atoms with Crippen LogP contribution in [0.1, 0.15) is 5.69 Å². The van der Waals surface area contributed by atoms with E-state index in [1.54, 1.807) is 66.6 Å². The smallest absolute Gasteiger partial charge is 0.269 e. The molecule has 0 aliphatic carbocycles. The van der Waals surface area contributed by atoms with E-state index in [0.717, 1.165) is 0 Å². The summed E-state index contributed by atoms with van der Waals surface area (Å²) in [5.41, 5.74) is 2.01. The van der Waals surface area contributed by atoms with Gasteiger partial charge in [0, 0.05) is 24.2 Å². The Morgan fingerprint density at radius 1 is 1.15 bits per heavy atom. The van der Waals surface area contributed by atoms with Crippen LogP contribution in [0.25, 0.3) is 28.4 Å². The van der Waals surface area contributed by atoms with E-state index >= 15 is 0 Å². The molecule has 0 saturated carbocycles. The van der Waals surface area contributed by atoms with Crippen LogP contribution in [0.3, 0.4) is 0 Å². The summed E-state index contributed by atoms with van der Waals surface area (Å²) in [7, 11) is -2.09. The Hall–Kier alpha value is -3.26. The van der Waals surface area contributed by atoms with Crippen molar-refractivity contribution in [2.24, 2.45) is 7.05 Å². The van der Waals surface area contributed by atoms with Crippen LogP contribution in [-0.4, -0.2) is 32.1 Å². The summed E-state index contributed by atoms with van der Waals surface area (Å²) < 4.78 is 29.6. The monoisotopic (exact) mass is 365 g/mol. The molecule has 4 rings (SSSR count). The van der Waals surface area contributed by atoms with Crippen LogP contribution in [0, 0.1) is 0 Å². The molecule has 0 atom stereocenters. The number of aryl methyl sites for hydroxylation is 1. The van der Waals surface area contributed by atoms with E-state index in [9.17, 15) is 8.42 Å². The minimum Gasteiger partial charge on any atom is -0.275 e. The fraction of sp³-hybridized carbons (Fsp3) is 0.0556. The minimum atomic E-state index is -3.86. The molecule has 3 aromatic heterocycles. The average molecular weight is 365 g/mol. The molecule has 7 nitrogen and oxygen atoms in total. The Kier molecular flexibility index (Phi) is 3.69. The van der Waals surface area contributed by atoms with Gasteiger partial charge in [0.2, 0.25) is 0 Å². The van der Waals surface area contributed by atoms with Crippen molar-refractivity contribution < 1.29 is 8.42 Å². The summed E-state index contributed by atoms with van der Waals surface area (Å²) in [5.74, 6) is 0. The fourth-order valence-corrected chi connectivity index (χ4v) is 4.37. The zero-order valence-corrected chi connectivity index (χ0v) is 14.8. The van der Waals surface area contributed by atoms with Crippen LogP contribution in [0.4, 0.5) is 0 Å². The lowest BCUT2D eigenvalue weighted by molar-refractivity contribution is 0.589. The molecule has 3 heterocycles. The largest absolute Gasteiger partial charge is 0.275 e. The highest BCUT2D eigenvalue weighted by molar-refractivity contribution is 7.90. The Morgan fingerprint density at radius 2 is 1.92 bits per heavy atom. The van der Waals surface area contributed by atoms with Gasteiger partial charge in [-0.05, 0) is 24.3 Å². The average Bonchev–Trinajstić information content (AvgIpc) is 3.25. The summed E-state index contributed by atoms with van der Waals surface area (Å²) in [4.78, 5) is 8.59. The summed E-state index contributed by atoms with van der Waals surface area (Å²) in [6, 6.07) is 10.0. The lowest BCUT2D eigenvalue weighted by Gasteiger charge is -2.10. The van der Waals surface area contributed by atoms with Gasteiger partial charge in [-0.15, -0.1) is 0 Å². The Labute approximate surface area is 150 Å². The molecule has 8 heteroatoms. The molecule has 4 aromatic rings. The normalized spacial score (nSPS) is 11.7. The Morgan fingerprint density at radius 3 is 2.58 bits per heavy atom. The third-order valence-electron chi connectivity index (χ3n) is 4.06. The molecule has 1 aromatic carbocycles. The third-order valence-corrected chi connectivity index (χ3v) is 5.78. The Balaban J connectivity index is 2.12. The van der Waals surface area contributed by atoms with Crippen molar-refractivity contribution in [3.8, 4) is 11.3 Å². The van der Waals surface area contributed by atoms with E-state index < -0.39 is 10.0 Å². The van der Waals surface area contributed by atoms with E-state index in [1.165, 1.54) is 10.3 Å². The first-order valence-electron chi connectivity index (χ1n) is 7.81. The van der Waals surface area contributed by atoms with E-state index in [1.807, 2.05) is 0 Å². The molecule has 0 fully saturated rings. The van der Waals surface area contributed by atoms with Crippen molar-refractivity contribution in [2.75, 3.05) is 0 Å². The van der Waals surface area contributed by atoms with Gasteiger partial charge in [-0.25, -0.2) is 22.4 Å². The SMILES string of the molecule is C=Cc1ncnc2c1cc(-c1cnn(C)c1)n2S(=O)(=O)c1ccccc1. The van der Waals surface area contributed by atoms with E-state index in [-0.39, 0.29) is 4.90 Å². The van der Waals surface area contributed by atoms with Crippen LogP contribution in [0.15, 0.2) is 66.6 Å². The molecule has 130 valence electrons. The van der Waals surface area contributed by atoms with Gasteiger partial charge in [-0.1, -0.05) is 24.8 Å². The van der Waals surface area contributed by atoms with Crippen LogP contribution in [0.5, 0.6) is 0 Å². The number of rotatable bonds is 4. The second-order valence-electron chi connectivity index (χ2n) is 5.72. The predicted octanol–water partition coefficient (Wildman–Crippen LogP) is 2.71. The van der Waals surface area contributed by atoms with Gasteiger partial charge in [-0.3, -0.25) is 4.68 Å². The molecule has 0 aliphatic heterocycles. The van der Waals surface area contributed by atoms with Crippen LogP contribution in [-0.2, 0) is 17.1 Å². The Bertz CT molecular complexity index is 1220. The molecule has 0 radical (unpaired) electrons. The number of aromatic nitrogens is 5. The summed E-state index contributed by atoms with van der Waals surface area (Å²) in [5, 5.41) is 4.77. The van der Waals surface area contributed by atoms with Gasteiger partial charge in [0.1, 0.15) is 6.33 Å². The maximum Gasteiger partial charge on any atom is 0.269 e. The van der Waals surface area contributed by atoms with Crippen molar-refractivity contribution in [3.05, 3.63) is 67.4 Å². The number of benzene rings is 1. The van der Waals surface area contributed by atoms with Crippen LogP contribution < -0.4 is 0 Å². The van der Waals surface area contributed by atoms with Gasteiger partial charge in [0.15, 0.2) is 5.65 Å². The molecule has 0 N–H and O–H groups in total. The number of fused-ring (bicyclic) bond motifs is 1. The molecule has 0 unspecified atom stereocenters. The lowest BCUT2D eigenvalue weighted by Crippen LogP contribution is -2.14. The first-order chi connectivity index (χ1) is 12.5. The van der Waals surface area contributed by atoms with Gasteiger partial charge in [0.25, 0.3) is 10.0 Å². The molecule has 0 spiro atoms. The molecular weight excluding hydrogens is 350 g/mol. The molecule has 0 bridgehead atoms. The lowest BCUT2D eigenvalue weighted by atomic mass is 10.2. The molecule has 26 heavy (non-hydrogen) atoms. The topological polar surface area (TPSA) is 82.7 Å². The highest BCUT2D eigenvalue weighted by Gasteiger charge is 2.26. The molecule has 0 aliphatic rings. The zero-order valence-electron chi connectivity index (χ0n) is 13.9. The number of nitrogens with zero attached hydrogens (tertiary/aromatic N) is 5. The second kappa shape index (κ2) is 5.92.